The summed E-state index contributed by atoms with van der Waals surface area (Å²) >= 11 is 0. The molecule has 0 aromatic rings. The molecule has 0 aromatic carbocycles. The molecular formula is C14H26N2O5. The number of rotatable bonds is 7. The molecule has 0 spiro atoms. The van der Waals surface area contributed by atoms with Gasteiger partial charge in [0, 0.05) is 26.6 Å². The largest absolute Gasteiger partial charge is 0.481 e. The third-order valence-electron chi connectivity index (χ3n) is 3.54. The zero-order chi connectivity index (χ0) is 16.0. The molecule has 0 aliphatic carbocycles. The van der Waals surface area contributed by atoms with Gasteiger partial charge in [0.1, 0.15) is 0 Å². The first-order valence-corrected chi connectivity index (χ1v) is 7.23. The van der Waals surface area contributed by atoms with Crippen LogP contribution in [0, 0.1) is 11.8 Å². The number of carbonyl (C=O) groups is 2. The molecule has 1 heterocycles. The number of carbonyl (C=O) groups excluding carboxylic acids is 1. The third kappa shape index (κ3) is 5.89. The van der Waals surface area contributed by atoms with E-state index in [0.717, 1.165) is 0 Å². The summed E-state index contributed by atoms with van der Waals surface area (Å²) in [6.07, 6.45) is 0.697. The average molecular weight is 302 g/mol. The van der Waals surface area contributed by atoms with Gasteiger partial charge in [-0.05, 0) is 12.8 Å². The number of nitrogens with one attached hydrogen (secondary N) is 1. The van der Waals surface area contributed by atoms with Crippen LogP contribution in [0.2, 0.25) is 0 Å². The van der Waals surface area contributed by atoms with Crippen molar-refractivity contribution in [3.63, 3.8) is 0 Å². The number of carboxylic acids is 1. The van der Waals surface area contributed by atoms with Crippen molar-refractivity contribution in [2.75, 3.05) is 33.4 Å². The first kappa shape index (κ1) is 17.7. The molecule has 21 heavy (non-hydrogen) atoms. The van der Waals surface area contributed by atoms with Crippen LogP contribution < -0.4 is 5.32 Å². The highest BCUT2D eigenvalue weighted by Gasteiger charge is 2.32. The van der Waals surface area contributed by atoms with Crippen molar-refractivity contribution in [2.24, 2.45) is 11.8 Å². The van der Waals surface area contributed by atoms with Crippen LogP contribution in [0.15, 0.2) is 0 Å². The Balaban J connectivity index is 2.29. The summed E-state index contributed by atoms with van der Waals surface area (Å²) < 4.78 is 11.1. The molecule has 2 unspecified atom stereocenters. The summed E-state index contributed by atoms with van der Waals surface area (Å²) in [6.45, 7) is 7.36. The van der Waals surface area contributed by atoms with Gasteiger partial charge in [-0.25, -0.2) is 4.79 Å². The zero-order valence-electron chi connectivity index (χ0n) is 13.2. The van der Waals surface area contributed by atoms with Crippen molar-refractivity contribution in [3.05, 3.63) is 0 Å². The molecule has 0 saturated carbocycles. The van der Waals surface area contributed by atoms with Gasteiger partial charge in [-0.3, -0.25) is 4.79 Å². The van der Waals surface area contributed by atoms with E-state index in [0.29, 0.717) is 26.2 Å². The van der Waals surface area contributed by atoms with E-state index >= 15 is 0 Å². The predicted octanol–water partition coefficient (Wildman–Crippen LogP) is 1.14. The number of carboxylic acid groups (broad SMARTS) is 1. The summed E-state index contributed by atoms with van der Waals surface area (Å²) in [5.74, 6) is -1.86. The molecule has 0 radical (unpaired) electrons. The molecule has 1 saturated heterocycles. The van der Waals surface area contributed by atoms with Crippen LogP contribution in [0.5, 0.6) is 0 Å². The maximum absolute atomic E-state index is 11.9. The summed E-state index contributed by atoms with van der Waals surface area (Å²) in [4.78, 5) is 24.0. The molecule has 2 atom stereocenters. The zero-order valence-corrected chi connectivity index (χ0v) is 13.2. The second-order valence-electron chi connectivity index (χ2n) is 5.95. The highest BCUT2D eigenvalue weighted by atomic mass is 16.7. The van der Waals surface area contributed by atoms with E-state index in [4.69, 9.17) is 14.6 Å². The number of amides is 2. The predicted molar refractivity (Wildman–Crippen MR) is 76.9 cm³/mol. The number of nitrogens with zero attached hydrogens (tertiary/aromatic N) is 1. The van der Waals surface area contributed by atoms with Crippen molar-refractivity contribution < 1.29 is 24.2 Å². The molecular weight excluding hydrogens is 276 g/mol. The Morgan fingerprint density at radius 3 is 2.43 bits per heavy atom. The van der Waals surface area contributed by atoms with Crippen LogP contribution >= 0.6 is 0 Å². The summed E-state index contributed by atoms with van der Waals surface area (Å²) in [7, 11) is 1.59. The van der Waals surface area contributed by atoms with E-state index in [-0.39, 0.29) is 18.5 Å². The normalized spacial score (nSPS) is 19.8. The highest BCUT2D eigenvalue weighted by Crippen LogP contribution is 2.26. The molecule has 7 heteroatoms. The van der Waals surface area contributed by atoms with Crippen molar-refractivity contribution in [2.45, 2.75) is 33.0 Å². The van der Waals surface area contributed by atoms with Gasteiger partial charge in [-0.15, -0.1) is 0 Å². The number of urea groups is 1. The minimum Gasteiger partial charge on any atom is -0.481 e. The van der Waals surface area contributed by atoms with Gasteiger partial charge in [-0.1, -0.05) is 13.8 Å². The topological polar surface area (TPSA) is 88.1 Å². The molecule has 1 fully saturated rings. The van der Waals surface area contributed by atoms with Crippen LogP contribution in [0.1, 0.15) is 27.2 Å². The summed E-state index contributed by atoms with van der Waals surface area (Å²) in [5.41, 5.74) is 0. The fourth-order valence-electron chi connectivity index (χ4n) is 2.35. The lowest BCUT2D eigenvalue weighted by molar-refractivity contribution is -0.153. The standard InChI is InChI=1S/C14H26N2O5/c1-10(7-14(3)20-5-6-21-14)8-15-13(19)16(4)9-11(2)12(17)18/h10-11H,5-9H2,1-4H3,(H,15,19)(H,17,18). The van der Waals surface area contributed by atoms with Gasteiger partial charge in [0.2, 0.25) is 0 Å². The van der Waals surface area contributed by atoms with Crippen molar-refractivity contribution in [1.82, 2.24) is 10.2 Å². The van der Waals surface area contributed by atoms with Crippen LogP contribution in [-0.2, 0) is 14.3 Å². The van der Waals surface area contributed by atoms with Gasteiger partial charge in [0.05, 0.1) is 19.1 Å². The number of aliphatic carboxylic acids is 1. The van der Waals surface area contributed by atoms with Gasteiger partial charge < -0.3 is 24.8 Å². The average Bonchev–Trinajstić information content (AvgIpc) is 2.81. The Morgan fingerprint density at radius 1 is 1.33 bits per heavy atom. The fraction of sp³-hybridized carbons (Fsp3) is 0.857. The van der Waals surface area contributed by atoms with Crippen LogP contribution in [-0.4, -0.2) is 61.1 Å². The third-order valence-corrected chi connectivity index (χ3v) is 3.54. The van der Waals surface area contributed by atoms with Crippen LogP contribution in [0.4, 0.5) is 4.79 Å². The molecule has 122 valence electrons. The minimum atomic E-state index is -0.911. The summed E-state index contributed by atoms with van der Waals surface area (Å²) in [6, 6.07) is -0.270. The van der Waals surface area contributed by atoms with E-state index < -0.39 is 17.7 Å². The monoisotopic (exact) mass is 302 g/mol. The first-order chi connectivity index (χ1) is 9.73. The Bertz CT molecular complexity index is 368. The Labute approximate surface area is 125 Å². The second kappa shape index (κ2) is 7.61. The second-order valence-corrected chi connectivity index (χ2v) is 5.95. The van der Waals surface area contributed by atoms with E-state index in [1.165, 1.54) is 4.90 Å². The van der Waals surface area contributed by atoms with Crippen molar-refractivity contribution >= 4 is 12.0 Å². The molecule has 1 rings (SSSR count). The smallest absolute Gasteiger partial charge is 0.317 e. The van der Waals surface area contributed by atoms with E-state index in [1.54, 1.807) is 14.0 Å². The Kier molecular flexibility index (Phi) is 6.42. The maximum Gasteiger partial charge on any atom is 0.317 e. The van der Waals surface area contributed by atoms with E-state index in [2.05, 4.69) is 5.32 Å². The van der Waals surface area contributed by atoms with Gasteiger partial charge in [-0.2, -0.15) is 0 Å². The molecule has 7 nitrogen and oxygen atoms in total. The Morgan fingerprint density at radius 2 is 1.90 bits per heavy atom. The fourth-order valence-corrected chi connectivity index (χ4v) is 2.35. The van der Waals surface area contributed by atoms with Gasteiger partial charge in [0.25, 0.3) is 0 Å². The lowest BCUT2D eigenvalue weighted by Gasteiger charge is -2.27. The van der Waals surface area contributed by atoms with Crippen molar-refractivity contribution in [1.29, 1.82) is 0 Å². The molecule has 0 bridgehead atoms. The SMILES string of the molecule is CC(CNC(=O)N(C)CC(C)C(=O)O)CC1(C)OCCO1. The van der Waals surface area contributed by atoms with Gasteiger partial charge in [0.15, 0.2) is 5.79 Å². The number of ether oxygens (including phenoxy) is 2. The molecule has 2 amide bonds. The molecule has 2 N–H and O–H groups in total. The number of hydrogen-bond donors (Lipinski definition) is 2. The minimum absolute atomic E-state index is 0.180. The van der Waals surface area contributed by atoms with Crippen LogP contribution in [0.25, 0.3) is 0 Å². The Hall–Kier alpha value is -1.34. The number of hydrogen-bond acceptors (Lipinski definition) is 4. The summed E-state index contributed by atoms with van der Waals surface area (Å²) in [5, 5.41) is 11.6. The van der Waals surface area contributed by atoms with Gasteiger partial charge >= 0.3 is 12.0 Å². The lowest BCUT2D eigenvalue weighted by Crippen LogP contribution is -2.43. The van der Waals surface area contributed by atoms with E-state index in [1.807, 2.05) is 13.8 Å². The quantitative estimate of drug-likeness (QED) is 0.736. The first-order valence-electron chi connectivity index (χ1n) is 7.23. The van der Waals surface area contributed by atoms with E-state index in [9.17, 15) is 9.59 Å². The maximum atomic E-state index is 11.9. The lowest BCUT2D eigenvalue weighted by atomic mass is 10.0. The molecule has 1 aliphatic heterocycles. The molecule has 0 aromatic heterocycles. The highest BCUT2D eigenvalue weighted by molar-refractivity contribution is 5.75. The van der Waals surface area contributed by atoms with Crippen LogP contribution in [0.3, 0.4) is 0 Å². The molecule has 1 aliphatic rings. The van der Waals surface area contributed by atoms with Crippen molar-refractivity contribution in [3.8, 4) is 0 Å².